The molecule has 6 nitrogen and oxygen atoms in total. The average Bonchev–Trinajstić information content (AvgIpc) is 3.37. The molecule has 3 aliphatic rings. The number of pyridine rings is 1. The van der Waals surface area contributed by atoms with Crippen LogP contribution >= 0.6 is 11.6 Å². The van der Waals surface area contributed by atoms with E-state index < -0.39 is 0 Å². The van der Waals surface area contributed by atoms with Crippen molar-refractivity contribution in [3.8, 4) is 0 Å². The zero-order valence-corrected chi connectivity index (χ0v) is 14.3. The number of rotatable bonds is 3. The Kier molecular flexibility index (Phi) is 4.08. The largest absolute Gasteiger partial charge is 0.352 e. The van der Waals surface area contributed by atoms with Gasteiger partial charge in [-0.1, -0.05) is 11.6 Å². The Balaban J connectivity index is 1.35. The Hall–Kier alpha value is -1.82. The summed E-state index contributed by atoms with van der Waals surface area (Å²) in [5, 5.41) is 0.638. The number of amides is 2. The van der Waals surface area contributed by atoms with Gasteiger partial charge in [0.25, 0.3) is 0 Å². The van der Waals surface area contributed by atoms with Crippen molar-refractivity contribution in [3.63, 3.8) is 0 Å². The van der Waals surface area contributed by atoms with Gasteiger partial charge in [-0.15, -0.1) is 0 Å². The van der Waals surface area contributed by atoms with Crippen molar-refractivity contribution in [2.75, 3.05) is 37.6 Å². The summed E-state index contributed by atoms with van der Waals surface area (Å²) in [5.41, 5.74) is 0. The number of hydrogen-bond donors (Lipinski definition) is 0. The van der Waals surface area contributed by atoms with E-state index in [2.05, 4.69) is 9.88 Å². The maximum absolute atomic E-state index is 12.7. The maximum Gasteiger partial charge on any atom is 0.228 e. The fraction of sp³-hybridized carbons (Fsp3) is 0.588. The van der Waals surface area contributed by atoms with Gasteiger partial charge in [-0.05, 0) is 25.0 Å². The second-order valence-electron chi connectivity index (χ2n) is 6.80. The molecular formula is C17H21ClN4O2. The predicted molar refractivity (Wildman–Crippen MR) is 90.9 cm³/mol. The first-order valence-electron chi connectivity index (χ1n) is 8.57. The zero-order valence-electron chi connectivity index (χ0n) is 13.5. The molecule has 0 radical (unpaired) electrons. The normalized spacial score (nSPS) is 24.6. The van der Waals surface area contributed by atoms with Crippen LogP contribution in [0.25, 0.3) is 0 Å². The molecule has 128 valence electrons. The summed E-state index contributed by atoms with van der Waals surface area (Å²) < 4.78 is 0. The molecule has 1 unspecified atom stereocenters. The number of likely N-dealkylation sites (tertiary alicyclic amines) is 1. The number of hydrogen-bond acceptors (Lipinski definition) is 4. The molecule has 3 fully saturated rings. The molecule has 2 saturated heterocycles. The smallest absolute Gasteiger partial charge is 0.228 e. The van der Waals surface area contributed by atoms with E-state index in [-0.39, 0.29) is 17.7 Å². The van der Waals surface area contributed by atoms with E-state index in [1.54, 1.807) is 6.20 Å². The molecular weight excluding hydrogens is 328 g/mol. The van der Waals surface area contributed by atoms with Gasteiger partial charge in [0.15, 0.2) is 0 Å². The molecule has 0 spiro atoms. The molecule has 0 N–H and O–H groups in total. The molecule has 24 heavy (non-hydrogen) atoms. The second kappa shape index (κ2) is 6.24. The van der Waals surface area contributed by atoms with Crippen molar-refractivity contribution in [1.29, 1.82) is 0 Å². The van der Waals surface area contributed by atoms with Gasteiger partial charge in [-0.25, -0.2) is 4.98 Å². The van der Waals surface area contributed by atoms with Gasteiger partial charge in [0, 0.05) is 51.4 Å². The van der Waals surface area contributed by atoms with E-state index >= 15 is 0 Å². The van der Waals surface area contributed by atoms with Crippen molar-refractivity contribution in [3.05, 3.63) is 23.4 Å². The highest BCUT2D eigenvalue weighted by molar-refractivity contribution is 6.32. The molecule has 4 rings (SSSR count). The van der Waals surface area contributed by atoms with Crippen molar-refractivity contribution in [2.45, 2.75) is 25.3 Å². The molecule has 1 saturated carbocycles. The summed E-state index contributed by atoms with van der Waals surface area (Å²) >= 11 is 6.20. The average molecular weight is 349 g/mol. The number of piperazine rings is 1. The van der Waals surface area contributed by atoms with E-state index in [0.717, 1.165) is 31.7 Å². The molecule has 0 aromatic carbocycles. The third-order valence-corrected chi connectivity index (χ3v) is 5.42. The summed E-state index contributed by atoms with van der Waals surface area (Å²) in [6.45, 7) is 3.35. The van der Waals surface area contributed by atoms with Gasteiger partial charge < -0.3 is 14.7 Å². The SMILES string of the molecule is O=C(C1CC(=O)N(C2CC2)C1)N1CCN(c2ncccc2Cl)CC1. The topological polar surface area (TPSA) is 56.8 Å². The van der Waals surface area contributed by atoms with Crippen LogP contribution in [0, 0.1) is 5.92 Å². The Morgan fingerprint density at radius 2 is 1.96 bits per heavy atom. The van der Waals surface area contributed by atoms with Gasteiger partial charge in [0.1, 0.15) is 5.82 Å². The lowest BCUT2D eigenvalue weighted by Gasteiger charge is -2.36. The van der Waals surface area contributed by atoms with E-state index in [1.165, 1.54) is 0 Å². The molecule has 2 amide bonds. The summed E-state index contributed by atoms with van der Waals surface area (Å²) in [4.78, 5) is 35.0. The first-order valence-corrected chi connectivity index (χ1v) is 8.95. The number of aromatic nitrogens is 1. The number of nitrogens with zero attached hydrogens (tertiary/aromatic N) is 4. The summed E-state index contributed by atoms with van der Waals surface area (Å²) in [5.74, 6) is 0.887. The molecule has 7 heteroatoms. The lowest BCUT2D eigenvalue weighted by Crippen LogP contribution is -2.51. The standard InChI is InChI=1S/C17H21ClN4O2/c18-14-2-1-5-19-16(14)20-6-8-21(9-7-20)17(24)12-10-15(23)22(11-12)13-3-4-13/h1-2,5,12-13H,3-4,6-11H2. The van der Waals surface area contributed by atoms with E-state index in [0.29, 0.717) is 37.1 Å². The van der Waals surface area contributed by atoms with Crippen LogP contribution in [0.15, 0.2) is 18.3 Å². The van der Waals surface area contributed by atoms with E-state index in [9.17, 15) is 9.59 Å². The van der Waals surface area contributed by atoms with Crippen LogP contribution in [0.1, 0.15) is 19.3 Å². The first kappa shape index (κ1) is 15.7. The number of carbonyl (C=O) groups is 2. The Morgan fingerprint density at radius 3 is 2.62 bits per heavy atom. The minimum absolute atomic E-state index is 0.123. The molecule has 1 atom stereocenters. The summed E-state index contributed by atoms with van der Waals surface area (Å²) in [7, 11) is 0. The fourth-order valence-corrected chi connectivity index (χ4v) is 3.88. The van der Waals surface area contributed by atoms with Crippen LogP contribution in [0.2, 0.25) is 5.02 Å². The van der Waals surface area contributed by atoms with Gasteiger partial charge >= 0.3 is 0 Å². The second-order valence-corrected chi connectivity index (χ2v) is 7.21. The van der Waals surface area contributed by atoms with Crippen LogP contribution in [0.5, 0.6) is 0 Å². The zero-order chi connectivity index (χ0) is 16.7. The quantitative estimate of drug-likeness (QED) is 0.828. The molecule has 1 aromatic rings. The molecule has 1 aliphatic carbocycles. The van der Waals surface area contributed by atoms with Gasteiger partial charge in [-0.3, -0.25) is 9.59 Å². The van der Waals surface area contributed by atoms with Crippen LogP contribution in [-0.2, 0) is 9.59 Å². The van der Waals surface area contributed by atoms with Crippen molar-refractivity contribution in [1.82, 2.24) is 14.8 Å². The summed E-state index contributed by atoms with van der Waals surface area (Å²) in [6.07, 6.45) is 4.29. The third-order valence-electron chi connectivity index (χ3n) is 5.13. The number of carbonyl (C=O) groups excluding carboxylic acids is 2. The highest BCUT2D eigenvalue weighted by atomic mass is 35.5. The van der Waals surface area contributed by atoms with E-state index in [4.69, 9.17) is 11.6 Å². The lowest BCUT2D eigenvalue weighted by molar-refractivity contribution is -0.136. The highest BCUT2D eigenvalue weighted by Crippen LogP contribution is 2.33. The van der Waals surface area contributed by atoms with Gasteiger partial charge in [-0.2, -0.15) is 0 Å². The fourth-order valence-electron chi connectivity index (χ4n) is 3.64. The molecule has 1 aromatic heterocycles. The van der Waals surface area contributed by atoms with E-state index in [1.807, 2.05) is 21.9 Å². The highest BCUT2D eigenvalue weighted by Gasteiger charge is 2.43. The monoisotopic (exact) mass is 348 g/mol. The predicted octanol–water partition coefficient (Wildman–Crippen LogP) is 1.39. The van der Waals surface area contributed by atoms with Crippen molar-refractivity contribution >= 4 is 29.2 Å². The van der Waals surface area contributed by atoms with Crippen molar-refractivity contribution < 1.29 is 9.59 Å². The Morgan fingerprint density at radius 1 is 1.21 bits per heavy atom. The number of anilines is 1. The summed E-state index contributed by atoms with van der Waals surface area (Å²) in [6, 6.07) is 4.05. The van der Waals surface area contributed by atoms with Crippen LogP contribution in [0.4, 0.5) is 5.82 Å². The Bertz CT molecular complexity index is 656. The minimum Gasteiger partial charge on any atom is -0.352 e. The number of halogens is 1. The first-order chi connectivity index (χ1) is 11.6. The minimum atomic E-state index is -0.164. The molecule has 0 bridgehead atoms. The van der Waals surface area contributed by atoms with Gasteiger partial charge in [0.2, 0.25) is 11.8 Å². The van der Waals surface area contributed by atoms with Crippen molar-refractivity contribution in [2.24, 2.45) is 5.92 Å². The maximum atomic E-state index is 12.7. The lowest BCUT2D eigenvalue weighted by atomic mass is 10.1. The third kappa shape index (κ3) is 2.95. The van der Waals surface area contributed by atoms with Gasteiger partial charge in [0.05, 0.1) is 10.9 Å². The van der Waals surface area contributed by atoms with Crippen LogP contribution in [-0.4, -0.2) is 65.4 Å². The Labute approximate surface area is 146 Å². The van der Waals surface area contributed by atoms with Crippen LogP contribution < -0.4 is 4.90 Å². The molecule has 3 heterocycles. The van der Waals surface area contributed by atoms with Crippen LogP contribution in [0.3, 0.4) is 0 Å². The molecule has 2 aliphatic heterocycles.